The number of anilines is 1. The third-order valence-electron chi connectivity index (χ3n) is 3.55. The third-order valence-corrected chi connectivity index (χ3v) is 5.35. The average Bonchev–Trinajstić information content (AvgIpc) is 3.12. The van der Waals surface area contributed by atoms with Gasteiger partial charge in [-0.25, -0.2) is 0 Å². The molecule has 2 aromatic carbocycles. The number of carbonyl (C=O) groups is 1. The summed E-state index contributed by atoms with van der Waals surface area (Å²) in [5.41, 5.74) is 1.62. The maximum atomic E-state index is 12.8. The van der Waals surface area contributed by atoms with Gasteiger partial charge in [0.25, 0.3) is 5.91 Å². The van der Waals surface area contributed by atoms with Crippen LogP contribution < -0.4 is 14.4 Å². The lowest BCUT2D eigenvalue weighted by molar-refractivity contribution is -0.113. The van der Waals surface area contributed by atoms with Crippen LogP contribution in [0.2, 0.25) is 0 Å². The topological polar surface area (TPSA) is 38.8 Å². The van der Waals surface area contributed by atoms with E-state index in [9.17, 15) is 4.79 Å². The minimum absolute atomic E-state index is 0.135. The SMILES string of the molecule is O=C1/C(=C\c2cccc(Br)c2)SC(=S)N1c1ccc2c(c1)OCO2. The maximum Gasteiger partial charge on any atom is 0.270 e. The Bertz CT molecular complexity index is 897. The van der Waals surface area contributed by atoms with Crippen molar-refractivity contribution in [1.82, 2.24) is 0 Å². The van der Waals surface area contributed by atoms with E-state index >= 15 is 0 Å². The minimum Gasteiger partial charge on any atom is -0.454 e. The van der Waals surface area contributed by atoms with Crippen molar-refractivity contribution >= 4 is 61.9 Å². The van der Waals surface area contributed by atoms with Crippen LogP contribution >= 0.6 is 39.9 Å². The molecule has 0 atom stereocenters. The Morgan fingerprint density at radius 3 is 2.83 bits per heavy atom. The number of hydrogen-bond donors (Lipinski definition) is 0. The van der Waals surface area contributed by atoms with Gasteiger partial charge in [0, 0.05) is 10.5 Å². The zero-order valence-corrected chi connectivity index (χ0v) is 15.4. The summed E-state index contributed by atoms with van der Waals surface area (Å²) in [7, 11) is 0. The van der Waals surface area contributed by atoms with Gasteiger partial charge in [0.1, 0.15) is 0 Å². The number of benzene rings is 2. The lowest BCUT2D eigenvalue weighted by atomic mass is 10.2. The number of nitrogens with zero attached hydrogens (tertiary/aromatic N) is 1. The number of halogens is 1. The van der Waals surface area contributed by atoms with E-state index < -0.39 is 0 Å². The molecule has 1 fully saturated rings. The van der Waals surface area contributed by atoms with E-state index in [4.69, 9.17) is 21.7 Å². The van der Waals surface area contributed by atoms with Gasteiger partial charge in [0.05, 0.1) is 10.6 Å². The van der Waals surface area contributed by atoms with Gasteiger partial charge in [-0.3, -0.25) is 9.69 Å². The normalized spacial score (nSPS) is 17.9. The summed E-state index contributed by atoms with van der Waals surface area (Å²) in [6.07, 6.45) is 1.84. The highest BCUT2D eigenvalue weighted by molar-refractivity contribution is 9.10. The second kappa shape index (κ2) is 6.23. The van der Waals surface area contributed by atoms with E-state index in [0.29, 0.717) is 26.4 Å². The fourth-order valence-corrected chi connectivity index (χ4v) is 4.18. The van der Waals surface area contributed by atoms with Crippen LogP contribution in [-0.4, -0.2) is 17.0 Å². The van der Waals surface area contributed by atoms with Crippen LogP contribution in [0.5, 0.6) is 11.5 Å². The number of hydrogen-bond acceptors (Lipinski definition) is 5. The van der Waals surface area contributed by atoms with Crippen LogP contribution in [0.1, 0.15) is 5.56 Å². The minimum atomic E-state index is -0.135. The summed E-state index contributed by atoms with van der Waals surface area (Å²) in [6.45, 7) is 0.194. The third kappa shape index (κ3) is 2.83. The van der Waals surface area contributed by atoms with Crippen molar-refractivity contribution in [3.05, 3.63) is 57.4 Å². The number of thiocarbonyl (C=S) groups is 1. The molecule has 1 saturated heterocycles. The highest BCUT2D eigenvalue weighted by Gasteiger charge is 2.34. The van der Waals surface area contributed by atoms with Crippen LogP contribution in [0.25, 0.3) is 6.08 Å². The molecular formula is C17H10BrNO3S2. The van der Waals surface area contributed by atoms with Crippen molar-refractivity contribution in [2.24, 2.45) is 0 Å². The Morgan fingerprint density at radius 2 is 2.00 bits per heavy atom. The largest absolute Gasteiger partial charge is 0.454 e. The second-order valence-corrected chi connectivity index (χ2v) is 7.70. The van der Waals surface area contributed by atoms with Gasteiger partial charge in [0.15, 0.2) is 15.8 Å². The van der Waals surface area contributed by atoms with Crippen molar-refractivity contribution in [3.63, 3.8) is 0 Å². The Morgan fingerprint density at radius 1 is 1.17 bits per heavy atom. The average molecular weight is 420 g/mol. The van der Waals surface area contributed by atoms with Crippen molar-refractivity contribution in [1.29, 1.82) is 0 Å². The van der Waals surface area contributed by atoms with Gasteiger partial charge in [0.2, 0.25) is 6.79 Å². The van der Waals surface area contributed by atoms with Crippen LogP contribution in [0.3, 0.4) is 0 Å². The second-order valence-electron chi connectivity index (χ2n) is 5.11. The molecule has 0 aromatic heterocycles. The Hall–Kier alpha value is -1.83. The van der Waals surface area contributed by atoms with Gasteiger partial charge in [-0.15, -0.1) is 0 Å². The molecule has 120 valence electrons. The fourth-order valence-electron chi connectivity index (χ4n) is 2.46. The molecule has 2 aromatic rings. The van der Waals surface area contributed by atoms with E-state index in [2.05, 4.69) is 15.9 Å². The summed E-state index contributed by atoms with van der Waals surface area (Å²) in [5.74, 6) is 1.16. The molecule has 0 N–H and O–H groups in total. The standard InChI is InChI=1S/C17H10BrNO3S2/c18-11-3-1-2-10(6-11)7-15-16(20)19(17(23)24-15)12-4-5-13-14(8-12)22-9-21-13/h1-8H,9H2/b15-7+. The van der Waals surface area contributed by atoms with E-state index in [1.165, 1.54) is 16.7 Å². The first-order chi connectivity index (χ1) is 11.6. The van der Waals surface area contributed by atoms with Gasteiger partial charge >= 0.3 is 0 Å². The zero-order valence-electron chi connectivity index (χ0n) is 12.2. The highest BCUT2D eigenvalue weighted by Crippen LogP contribution is 2.40. The summed E-state index contributed by atoms with van der Waals surface area (Å²) in [4.78, 5) is 14.9. The number of fused-ring (bicyclic) bond motifs is 1. The van der Waals surface area contributed by atoms with E-state index in [-0.39, 0.29) is 12.7 Å². The Balaban J connectivity index is 1.66. The van der Waals surface area contributed by atoms with Crippen molar-refractivity contribution < 1.29 is 14.3 Å². The first-order valence-corrected chi connectivity index (χ1v) is 9.07. The van der Waals surface area contributed by atoms with E-state index in [1.807, 2.05) is 30.3 Å². The molecule has 2 heterocycles. The molecule has 2 aliphatic rings. The smallest absolute Gasteiger partial charge is 0.270 e. The van der Waals surface area contributed by atoms with Crippen LogP contribution in [0, 0.1) is 0 Å². The molecule has 7 heteroatoms. The number of ether oxygens (including phenoxy) is 2. The summed E-state index contributed by atoms with van der Waals surface area (Å²) in [5, 5.41) is 0. The lowest BCUT2D eigenvalue weighted by Crippen LogP contribution is -2.27. The first kappa shape index (κ1) is 15.7. The number of carbonyl (C=O) groups excluding carboxylic acids is 1. The molecule has 1 amide bonds. The molecule has 0 bridgehead atoms. The Labute approximate surface area is 156 Å². The number of rotatable bonds is 2. The van der Waals surface area contributed by atoms with Gasteiger partial charge in [-0.05, 0) is 35.9 Å². The molecule has 0 unspecified atom stereocenters. The summed E-state index contributed by atoms with van der Waals surface area (Å²) < 4.78 is 12.1. The molecule has 0 aliphatic carbocycles. The lowest BCUT2D eigenvalue weighted by Gasteiger charge is -2.14. The highest BCUT2D eigenvalue weighted by atomic mass is 79.9. The van der Waals surface area contributed by atoms with Crippen LogP contribution in [0.4, 0.5) is 5.69 Å². The number of thioether (sulfide) groups is 1. The van der Waals surface area contributed by atoms with Crippen molar-refractivity contribution in [3.8, 4) is 11.5 Å². The molecule has 2 aliphatic heterocycles. The van der Waals surface area contributed by atoms with E-state index in [0.717, 1.165) is 10.0 Å². The summed E-state index contributed by atoms with van der Waals surface area (Å²) in [6, 6.07) is 13.1. The van der Waals surface area contributed by atoms with Gasteiger partial charge in [-0.2, -0.15) is 0 Å². The molecular weight excluding hydrogens is 410 g/mol. The Kier molecular flexibility index (Phi) is 4.07. The van der Waals surface area contributed by atoms with Crippen molar-refractivity contribution in [2.45, 2.75) is 0 Å². The monoisotopic (exact) mass is 419 g/mol. The first-order valence-electron chi connectivity index (χ1n) is 7.05. The fraction of sp³-hybridized carbons (Fsp3) is 0.0588. The molecule has 24 heavy (non-hydrogen) atoms. The predicted molar refractivity (Wildman–Crippen MR) is 102 cm³/mol. The zero-order chi connectivity index (χ0) is 16.7. The summed E-state index contributed by atoms with van der Waals surface area (Å²) >= 11 is 10.1. The molecule has 4 nitrogen and oxygen atoms in total. The van der Waals surface area contributed by atoms with Gasteiger partial charge in [-0.1, -0.05) is 52.0 Å². The van der Waals surface area contributed by atoms with Crippen LogP contribution in [0.15, 0.2) is 51.8 Å². The quantitative estimate of drug-likeness (QED) is 0.525. The molecule has 4 rings (SSSR count). The van der Waals surface area contributed by atoms with Crippen molar-refractivity contribution in [2.75, 3.05) is 11.7 Å². The maximum absolute atomic E-state index is 12.8. The van der Waals surface area contributed by atoms with Crippen LogP contribution in [-0.2, 0) is 4.79 Å². The molecule has 0 radical (unpaired) electrons. The van der Waals surface area contributed by atoms with Gasteiger partial charge < -0.3 is 9.47 Å². The molecule has 0 spiro atoms. The van der Waals surface area contributed by atoms with E-state index in [1.54, 1.807) is 18.2 Å². The number of amides is 1. The predicted octanol–water partition coefficient (Wildman–Crippen LogP) is 4.58. The molecule has 0 saturated carbocycles.